The lowest BCUT2D eigenvalue weighted by atomic mass is 10.0. The van der Waals surface area contributed by atoms with Crippen LogP contribution in [0.4, 0.5) is 21.6 Å². The van der Waals surface area contributed by atoms with Gasteiger partial charge in [0.2, 0.25) is 5.91 Å². The summed E-state index contributed by atoms with van der Waals surface area (Å²) in [7, 11) is 3.92. The summed E-state index contributed by atoms with van der Waals surface area (Å²) in [6, 6.07) is 13.6. The zero-order valence-corrected chi connectivity index (χ0v) is 19.6. The number of likely N-dealkylation sites (N-methyl/N-ethyl adjacent to an activating group) is 1. The van der Waals surface area contributed by atoms with Crippen molar-refractivity contribution >= 4 is 33.9 Å². The van der Waals surface area contributed by atoms with Crippen LogP contribution in [0.5, 0.6) is 5.75 Å². The number of halogens is 1. The van der Waals surface area contributed by atoms with Gasteiger partial charge in [0, 0.05) is 47.2 Å². The maximum absolute atomic E-state index is 13.9. The van der Waals surface area contributed by atoms with Gasteiger partial charge in [0.1, 0.15) is 24.0 Å². The number of nitrogens with one attached hydrogen (secondary N) is 2. The fraction of sp³-hybridized carbons (Fsp3) is 0.148. The van der Waals surface area contributed by atoms with Crippen LogP contribution in [0.3, 0.4) is 0 Å². The van der Waals surface area contributed by atoms with E-state index in [0.717, 1.165) is 22.9 Å². The third-order valence-electron chi connectivity index (χ3n) is 5.29. The zero-order valence-electron chi connectivity index (χ0n) is 19.6. The van der Waals surface area contributed by atoms with Crippen LogP contribution in [0.1, 0.15) is 0 Å². The van der Waals surface area contributed by atoms with Crippen molar-refractivity contribution in [3.05, 3.63) is 85.6 Å². The molecular weight excluding hydrogens is 445 g/mol. The summed E-state index contributed by atoms with van der Waals surface area (Å²) in [6.07, 6.45) is 6.32. The Morgan fingerprint density at radius 3 is 2.80 bits per heavy atom. The van der Waals surface area contributed by atoms with E-state index in [9.17, 15) is 9.18 Å². The van der Waals surface area contributed by atoms with Crippen LogP contribution >= 0.6 is 0 Å². The number of nitrogens with zero attached hydrogens (tertiary/aromatic N) is 3. The molecule has 178 valence electrons. The number of aromatic nitrogens is 2. The Balaban J connectivity index is 1.72. The molecule has 0 fully saturated rings. The fourth-order valence-corrected chi connectivity index (χ4v) is 3.58. The summed E-state index contributed by atoms with van der Waals surface area (Å²) in [4.78, 5) is 22.9. The Morgan fingerprint density at radius 1 is 1.17 bits per heavy atom. The van der Waals surface area contributed by atoms with Crippen molar-refractivity contribution < 1.29 is 13.9 Å². The summed E-state index contributed by atoms with van der Waals surface area (Å²) in [5.74, 6) is 0.447. The lowest BCUT2D eigenvalue weighted by Gasteiger charge is -2.17. The molecule has 4 aromatic rings. The van der Waals surface area contributed by atoms with Gasteiger partial charge in [-0.15, -0.1) is 0 Å². The van der Waals surface area contributed by atoms with E-state index in [-0.39, 0.29) is 11.7 Å². The second-order valence-corrected chi connectivity index (χ2v) is 8.14. The van der Waals surface area contributed by atoms with E-state index in [1.54, 1.807) is 36.8 Å². The van der Waals surface area contributed by atoms with Crippen molar-refractivity contribution in [2.75, 3.05) is 37.9 Å². The van der Waals surface area contributed by atoms with E-state index in [0.29, 0.717) is 35.1 Å². The Hall–Kier alpha value is -4.30. The highest BCUT2D eigenvalue weighted by Crippen LogP contribution is 2.35. The Labute approximate surface area is 203 Å². The van der Waals surface area contributed by atoms with Gasteiger partial charge in [-0.05, 0) is 62.1 Å². The van der Waals surface area contributed by atoms with Gasteiger partial charge in [-0.25, -0.2) is 9.37 Å². The Morgan fingerprint density at radius 2 is 2.03 bits per heavy atom. The number of fused-ring (bicyclic) bond motifs is 1. The van der Waals surface area contributed by atoms with Crippen LogP contribution < -0.4 is 15.4 Å². The van der Waals surface area contributed by atoms with E-state index in [1.807, 2.05) is 37.2 Å². The maximum atomic E-state index is 13.9. The second kappa shape index (κ2) is 10.8. The number of carbonyl (C=O) groups excluding carboxylic acids is 1. The summed E-state index contributed by atoms with van der Waals surface area (Å²) in [5, 5.41) is 7.79. The fourth-order valence-electron chi connectivity index (χ4n) is 3.58. The van der Waals surface area contributed by atoms with Crippen LogP contribution in [0.2, 0.25) is 0 Å². The van der Waals surface area contributed by atoms with E-state index in [4.69, 9.17) is 4.74 Å². The molecule has 0 saturated heterocycles. The first-order valence-electron chi connectivity index (χ1n) is 11.1. The molecule has 1 amide bonds. The largest absolute Gasteiger partial charge is 0.490 e. The molecule has 0 unspecified atom stereocenters. The maximum Gasteiger partial charge on any atom is 0.247 e. The molecule has 0 aliphatic carbocycles. The van der Waals surface area contributed by atoms with Crippen LogP contribution in [0.15, 0.2) is 79.8 Å². The molecule has 0 aliphatic heterocycles. The van der Waals surface area contributed by atoms with Gasteiger partial charge in [0.25, 0.3) is 0 Å². The zero-order chi connectivity index (χ0) is 24.8. The van der Waals surface area contributed by atoms with Gasteiger partial charge in [-0.1, -0.05) is 18.7 Å². The molecule has 35 heavy (non-hydrogen) atoms. The minimum atomic E-state index is -0.345. The molecule has 0 atom stereocenters. The predicted molar refractivity (Wildman–Crippen MR) is 138 cm³/mol. The average molecular weight is 472 g/mol. The topological polar surface area (TPSA) is 79.4 Å². The molecule has 8 heteroatoms. The summed E-state index contributed by atoms with van der Waals surface area (Å²) in [6.45, 7) is 4.71. The van der Waals surface area contributed by atoms with Crippen molar-refractivity contribution in [3.63, 3.8) is 0 Å². The van der Waals surface area contributed by atoms with Crippen molar-refractivity contribution in [1.29, 1.82) is 0 Å². The highest BCUT2D eigenvalue weighted by molar-refractivity contribution is 6.04. The summed E-state index contributed by atoms with van der Waals surface area (Å²) in [5.41, 5.74) is 2.64. The Bertz CT molecular complexity index is 1370. The van der Waals surface area contributed by atoms with Gasteiger partial charge in [-0.3, -0.25) is 9.78 Å². The number of ether oxygens (including phenoxy) is 1. The number of pyridine rings is 2. The van der Waals surface area contributed by atoms with Crippen LogP contribution in [0.25, 0.3) is 21.9 Å². The number of hydrogen-bond acceptors (Lipinski definition) is 6. The lowest BCUT2D eigenvalue weighted by Crippen LogP contribution is -2.20. The molecule has 0 saturated carbocycles. The number of rotatable bonds is 9. The summed E-state index contributed by atoms with van der Waals surface area (Å²) < 4.78 is 19.8. The molecule has 2 aromatic carbocycles. The van der Waals surface area contributed by atoms with Crippen molar-refractivity contribution in [1.82, 2.24) is 14.9 Å². The highest BCUT2D eigenvalue weighted by atomic mass is 19.1. The smallest absolute Gasteiger partial charge is 0.247 e. The minimum absolute atomic E-state index is 0.328. The van der Waals surface area contributed by atoms with E-state index < -0.39 is 0 Å². The molecule has 0 spiro atoms. The van der Waals surface area contributed by atoms with Crippen molar-refractivity contribution in [2.24, 2.45) is 0 Å². The predicted octanol–water partition coefficient (Wildman–Crippen LogP) is 5.24. The number of anilines is 3. The molecule has 2 heterocycles. The Kier molecular flexibility index (Phi) is 7.32. The van der Waals surface area contributed by atoms with Gasteiger partial charge >= 0.3 is 0 Å². The number of benzene rings is 2. The third-order valence-corrected chi connectivity index (χ3v) is 5.29. The second-order valence-electron chi connectivity index (χ2n) is 8.14. The van der Waals surface area contributed by atoms with Crippen molar-refractivity contribution in [3.8, 4) is 16.9 Å². The molecule has 0 aliphatic rings. The first-order valence-corrected chi connectivity index (χ1v) is 11.1. The molecule has 0 bridgehead atoms. The number of amides is 1. The van der Waals surface area contributed by atoms with E-state index in [2.05, 4.69) is 27.2 Å². The average Bonchev–Trinajstić information content (AvgIpc) is 2.85. The summed E-state index contributed by atoms with van der Waals surface area (Å²) >= 11 is 0. The lowest BCUT2D eigenvalue weighted by molar-refractivity contribution is -0.111. The molecule has 4 rings (SSSR count). The van der Waals surface area contributed by atoms with Gasteiger partial charge in [-0.2, -0.15) is 0 Å². The van der Waals surface area contributed by atoms with E-state index >= 15 is 0 Å². The van der Waals surface area contributed by atoms with Crippen LogP contribution in [0, 0.1) is 5.82 Å². The van der Waals surface area contributed by atoms with E-state index in [1.165, 1.54) is 18.2 Å². The van der Waals surface area contributed by atoms with Gasteiger partial charge < -0.3 is 20.3 Å². The number of carbonyl (C=O) groups is 1. The first-order chi connectivity index (χ1) is 16.9. The van der Waals surface area contributed by atoms with Gasteiger partial charge in [0.05, 0.1) is 5.69 Å². The molecule has 0 radical (unpaired) electrons. The minimum Gasteiger partial charge on any atom is -0.490 e. The quantitative estimate of drug-likeness (QED) is 0.325. The third kappa shape index (κ3) is 5.80. The number of hydrogen-bond donors (Lipinski definition) is 2. The van der Waals surface area contributed by atoms with Crippen LogP contribution in [-0.2, 0) is 4.79 Å². The van der Waals surface area contributed by atoms with Crippen molar-refractivity contribution in [2.45, 2.75) is 0 Å². The molecular formula is C27H26FN5O2. The SMILES string of the molecule is C=CC(=O)Nc1cc(Nc2nccc3cncc(-c4cccc(F)c4)c23)ccc1OCCN(C)C. The standard InChI is InChI=1S/C27H26FN5O2/c1-4-25(34)32-23-15-21(8-9-24(23)35-13-12-33(2)3)31-27-26-19(10-11-30-27)16-29-17-22(26)18-6-5-7-20(28)14-18/h4-11,14-17H,1,12-13H2,2-3H3,(H,30,31)(H,32,34). The normalized spacial score (nSPS) is 10.9. The first kappa shape index (κ1) is 23.8. The molecule has 2 aromatic heterocycles. The monoisotopic (exact) mass is 471 g/mol. The van der Waals surface area contributed by atoms with Crippen LogP contribution in [-0.4, -0.2) is 48.0 Å². The highest BCUT2D eigenvalue weighted by Gasteiger charge is 2.13. The van der Waals surface area contributed by atoms with Gasteiger partial charge in [0.15, 0.2) is 0 Å². The molecule has 7 nitrogen and oxygen atoms in total. The molecule has 2 N–H and O–H groups in total.